The van der Waals surface area contributed by atoms with Crippen molar-refractivity contribution in [3.05, 3.63) is 27.7 Å². The van der Waals surface area contributed by atoms with Crippen LogP contribution in [0.15, 0.2) is 27.6 Å². The van der Waals surface area contributed by atoms with Gasteiger partial charge in [-0.3, -0.25) is 0 Å². The van der Waals surface area contributed by atoms with Crippen molar-refractivity contribution in [2.24, 2.45) is 0 Å². The van der Waals surface area contributed by atoms with Crippen LogP contribution >= 0.6 is 27.5 Å². The van der Waals surface area contributed by atoms with Crippen LogP contribution in [0.3, 0.4) is 0 Å². The Bertz CT molecular complexity index is 481. The second-order valence-electron chi connectivity index (χ2n) is 2.82. The minimum atomic E-state index is -3.99. The lowest BCUT2D eigenvalue weighted by Gasteiger charge is -2.07. The molecule has 1 rings (SSSR count). The van der Waals surface area contributed by atoms with Crippen molar-refractivity contribution < 1.29 is 17.2 Å². The van der Waals surface area contributed by atoms with E-state index in [9.17, 15) is 17.2 Å². The van der Waals surface area contributed by atoms with E-state index in [0.717, 1.165) is 0 Å². The highest BCUT2D eigenvalue weighted by Gasteiger charge is 2.19. The van der Waals surface area contributed by atoms with E-state index < -0.39 is 23.0 Å². The fourth-order valence-corrected chi connectivity index (χ4v) is 2.99. The Morgan fingerprint density at radius 1 is 1.44 bits per heavy atom. The van der Waals surface area contributed by atoms with Gasteiger partial charge in [0.25, 0.3) is 6.43 Å². The summed E-state index contributed by atoms with van der Waals surface area (Å²) in [6.45, 7) is -0.936. The van der Waals surface area contributed by atoms with Gasteiger partial charge in [-0.1, -0.05) is 27.5 Å². The third-order valence-electron chi connectivity index (χ3n) is 1.61. The molecule has 0 spiro atoms. The zero-order valence-electron chi connectivity index (χ0n) is 7.75. The molecule has 90 valence electrons. The first-order chi connectivity index (χ1) is 7.33. The summed E-state index contributed by atoms with van der Waals surface area (Å²) in [7, 11) is -3.99. The summed E-state index contributed by atoms with van der Waals surface area (Å²) < 4.78 is 49.2. The first kappa shape index (κ1) is 13.8. The SMILES string of the molecule is O=S(=O)(NCC(F)F)c1ccc(Br)cc1Cl. The maximum Gasteiger partial charge on any atom is 0.251 e. The summed E-state index contributed by atoms with van der Waals surface area (Å²) in [5.41, 5.74) is 0. The highest BCUT2D eigenvalue weighted by molar-refractivity contribution is 9.10. The van der Waals surface area contributed by atoms with Gasteiger partial charge in [0.2, 0.25) is 10.0 Å². The van der Waals surface area contributed by atoms with Crippen LogP contribution in [0, 0.1) is 0 Å². The fraction of sp³-hybridized carbons (Fsp3) is 0.250. The number of hydrogen-bond donors (Lipinski definition) is 1. The van der Waals surface area contributed by atoms with Crippen LogP contribution in [0.4, 0.5) is 8.78 Å². The highest BCUT2D eigenvalue weighted by Crippen LogP contribution is 2.24. The Morgan fingerprint density at radius 2 is 2.06 bits per heavy atom. The maximum atomic E-state index is 11.9. The van der Waals surface area contributed by atoms with Crippen molar-refractivity contribution in [1.82, 2.24) is 4.72 Å². The van der Waals surface area contributed by atoms with Gasteiger partial charge < -0.3 is 0 Å². The van der Waals surface area contributed by atoms with Gasteiger partial charge in [0.15, 0.2) is 0 Å². The number of halogens is 4. The molecule has 0 saturated carbocycles. The minimum absolute atomic E-state index is 0.0314. The van der Waals surface area contributed by atoms with Gasteiger partial charge in [-0.2, -0.15) is 0 Å². The van der Waals surface area contributed by atoms with Crippen LogP contribution in [0.2, 0.25) is 5.02 Å². The average Bonchev–Trinajstić information content (AvgIpc) is 2.14. The van der Waals surface area contributed by atoms with Crippen LogP contribution < -0.4 is 4.72 Å². The van der Waals surface area contributed by atoms with E-state index in [2.05, 4.69) is 15.9 Å². The number of hydrogen-bond acceptors (Lipinski definition) is 2. The number of sulfonamides is 1. The van der Waals surface area contributed by atoms with Gasteiger partial charge >= 0.3 is 0 Å². The molecule has 3 nitrogen and oxygen atoms in total. The van der Waals surface area contributed by atoms with Crippen LogP contribution in [-0.2, 0) is 10.0 Å². The number of alkyl halides is 2. The molecule has 8 heteroatoms. The van der Waals surface area contributed by atoms with E-state index in [-0.39, 0.29) is 9.92 Å². The molecule has 0 aliphatic carbocycles. The van der Waals surface area contributed by atoms with E-state index in [4.69, 9.17) is 11.6 Å². The molecule has 1 N–H and O–H groups in total. The molecule has 0 aliphatic rings. The van der Waals surface area contributed by atoms with E-state index in [1.807, 2.05) is 0 Å². The van der Waals surface area contributed by atoms with Gasteiger partial charge in [-0.25, -0.2) is 21.9 Å². The van der Waals surface area contributed by atoms with Crippen molar-refractivity contribution >= 4 is 37.6 Å². The summed E-state index contributed by atoms with van der Waals surface area (Å²) in [6, 6.07) is 4.07. The van der Waals surface area contributed by atoms with Crippen molar-refractivity contribution in [2.75, 3.05) is 6.54 Å². The van der Waals surface area contributed by atoms with Crippen LogP contribution in [0.1, 0.15) is 0 Å². The van der Waals surface area contributed by atoms with Gasteiger partial charge in [-0.15, -0.1) is 0 Å². The summed E-state index contributed by atoms with van der Waals surface area (Å²) in [5.74, 6) is 0. The van der Waals surface area contributed by atoms with E-state index in [1.165, 1.54) is 18.2 Å². The second kappa shape index (κ2) is 5.39. The molecule has 0 fully saturated rings. The zero-order valence-corrected chi connectivity index (χ0v) is 10.9. The highest BCUT2D eigenvalue weighted by atomic mass is 79.9. The van der Waals surface area contributed by atoms with Crippen molar-refractivity contribution in [3.8, 4) is 0 Å². The minimum Gasteiger partial charge on any atom is -0.209 e. The first-order valence-corrected chi connectivity index (χ1v) is 6.71. The molecule has 0 aliphatic heterocycles. The number of nitrogens with one attached hydrogen (secondary N) is 1. The molecular weight excluding hydrogens is 328 g/mol. The molecule has 0 radical (unpaired) electrons. The molecular formula is C8H7BrClF2NO2S. The third-order valence-corrected chi connectivity index (χ3v) is 4.01. The molecule has 16 heavy (non-hydrogen) atoms. The average molecular weight is 335 g/mol. The van der Waals surface area contributed by atoms with Crippen LogP contribution in [-0.4, -0.2) is 21.4 Å². The Morgan fingerprint density at radius 3 is 2.56 bits per heavy atom. The van der Waals surface area contributed by atoms with Crippen molar-refractivity contribution in [2.45, 2.75) is 11.3 Å². The quantitative estimate of drug-likeness (QED) is 0.920. The molecule has 0 bridgehead atoms. The fourth-order valence-electron chi connectivity index (χ4n) is 0.944. The topological polar surface area (TPSA) is 46.2 Å². The molecule has 0 heterocycles. The first-order valence-electron chi connectivity index (χ1n) is 4.06. The third kappa shape index (κ3) is 3.65. The largest absolute Gasteiger partial charge is 0.251 e. The smallest absolute Gasteiger partial charge is 0.209 e. The Balaban J connectivity index is 2.99. The summed E-state index contributed by atoms with van der Waals surface area (Å²) in [4.78, 5) is -0.224. The zero-order chi connectivity index (χ0) is 12.3. The lowest BCUT2D eigenvalue weighted by atomic mass is 10.4. The molecule has 0 aromatic heterocycles. The summed E-state index contributed by atoms with van der Waals surface area (Å²) in [6.07, 6.45) is -2.75. The molecule has 1 aromatic rings. The normalized spacial score (nSPS) is 12.1. The lowest BCUT2D eigenvalue weighted by Crippen LogP contribution is -2.28. The van der Waals surface area contributed by atoms with E-state index in [1.54, 1.807) is 4.72 Å². The van der Waals surface area contributed by atoms with Crippen molar-refractivity contribution in [1.29, 1.82) is 0 Å². The van der Waals surface area contributed by atoms with E-state index >= 15 is 0 Å². The predicted molar refractivity (Wildman–Crippen MR) is 60.3 cm³/mol. The van der Waals surface area contributed by atoms with Crippen LogP contribution in [0.5, 0.6) is 0 Å². The Kier molecular flexibility index (Phi) is 4.66. The van der Waals surface area contributed by atoms with Gasteiger partial charge in [0, 0.05) is 4.47 Å². The maximum absolute atomic E-state index is 11.9. The molecule has 0 atom stereocenters. The second-order valence-corrected chi connectivity index (χ2v) is 5.88. The molecule has 0 amide bonds. The standard InChI is InChI=1S/C8H7BrClF2NO2S/c9-5-1-2-7(6(10)3-5)16(14,15)13-4-8(11)12/h1-3,8,13H,4H2. The molecule has 0 saturated heterocycles. The number of rotatable bonds is 4. The van der Waals surface area contributed by atoms with Gasteiger partial charge in [0.1, 0.15) is 4.90 Å². The Hall–Kier alpha value is -0.240. The van der Waals surface area contributed by atoms with Gasteiger partial charge in [0.05, 0.1) is 11.6 Å². The molecule has 1 aromatic carbocycles. The Labute approximate surface area is 105 Å². The summed E-state index contributed by atoms with van der Waals surface area (Å²) >= 11 is 8.80. The van der Waals surface area contributed by atoms with Crippen LogP contribution in [0.25, 0.3) is 0 Å². The van der Waals surface area contributed by atoms with Gasteiger partial charge in [-0.05, 0) is 18.2 Å². The van der Waals surface area contributed by atoms with Crippen molar-refractivity contribution in [3.63, 3.8) is 0 Å². The number of benzene rings is 1. The lowest BCUT2D eigenvalue weighted by molar-refractivity contribution is 0.153. The molecule has 0 unspecified atom stereocenters. The summed E-state index contributed by atoms with van der Waals surface area (Å²) in [5, 5.41) is -0.0314. The monoisotopic (exact) mass is 333 g/mol. The predicted octanol–water partition coefficient (Wildman–Crippen LogP) is 2.65. The van der Waals surface area contributed by atoms with E-state index in [0.29, 0.717) is 4.47 Å².